The summed E-state index contributed by atoms with van der Waals surface area (Å²) in [5.74, 6) is -1.03. The molecule has 114 valence electrons. The molecule has 1 saturated heterocycles. The lowest BCUT2D eigenvalue weighted by molar-refractivity contribution is -0.125. The molecular weight excluding hydrogens is 276 g/mol. The van der Waals surface area contributed by atoms with Crippen molar-refractivity contribution in [3.05, 3.63) is 23.8 Å². The summed E-state index contributed by atoms with van der Waals surface area (Å²) in [4.78, 5) is 23.4. The van der Waals surface area contributed by atoms with Crippen molar-refractivity contribution in [1.82, 2.24) is 0 Å². The number of benzene rings is 1. The highest BCUT2D eigenvalue weighted by Crippen LogP contribution is 2.31. The molecule has 4 N–H and O–H groups in total. The van der Waals surface area contributed by atoms with Gasteiger partial charge in [0.2, 0.25) is 5.91 Å². The number of aromatic carboxylic acids is 1. The summed E-state index contributed by atoms with van der Waals surface area (Å²) in [6.45, 7) is 2.25. The predicted octanol–water partition coefficient (Wildman–Crippen LogP) is 0.696. The molecule has 2 rings (SSSR count). The molecule has 1 aliphatic heterocycles. The van der Waals surface area contributed by atoms with Gasteiger partial charge in [0.25, 0.3) is 0 Å². The number of ether oxygens (including phenoxy) is 2. The maximum absolute atomic E-state index is 12.4. The Bertz CT molecular complexity index is 574. The Balaban J connectivity index is 2.27. The number of rotatable bonds is 4. The summed E-state index contributed by atoms with van der Waals surface area (Å²) in [5, 5.41) is 11.7. The Labute approximate surface area is 122 Å². The first kappa shape index (κ1) is 15.3. The molecule has 21 heavy (non-hydrogen) atoms. The Morgan fingerprint density at radius 2 is 2.24 bits per heavy atom. The third kappa shape index (κ3) is 2.84. The third-order valence-corrected chi connectivity index (χ3v) is 3.73. The smallest absolute Gasteiger partial charge is 0.335 e. The van der Waals surface area contributed by atoms with Gasteiger partial charge in [0.05, 0.1) is 37.0 Å². The summed E-state index contributed by atoms with van der Waals surface area (Å²) in [6, 6.07) is 3.84. The summed E-state index contributed by atoms with van der Waals surface area (Å²) in [7, 11) is 1.44. The number of carboxylic acids is 1. The number of nitrogens with one attached hydrogen (secondary N) is 1. The maximum atomic E-state index is 12.4. The normalized spacial score (nSPS) is 24.6. The fraction of sp³-hybridized carbons (Fsp3) is 0.429. The number of carbonyl (C=O) groups is 2. The molecule has 1 amide bonds. The average Bonchev–Trinajstić information content (AvgIpc) is 2.79. The summed E-state index contributed by atoms with van der Waals surface area (Å²) >= 11 is 0. The molecule has 0 radical (unpaired) electrons. The SMILES string of the molecule is COc1ccc(C(=O)O)cc1NC(=O)C1(C)COCC1N. The second-order valence-electron chi connectivity index (χ2n) is 5.21. The van der Waals surface area contributed by atoms with E-state index in [1.165, 1.54) is 25.3 Å². The average molecular weight is 294 g/mol. The lowest BCUT2D eigenvalue weighted by Gasteiger charge is -2.25. The number of amides is 1. The van der Waals surface area contributed by atoms with Crippen molar-refractivity contribution >= 4 is 17.6 Å². The highest BCUT2D eigenvalue weighted by atomic mass is 16.5. The van der Waals surface area contributed by atoms with E-state index in [2.05, 4.69) is 5.32 Å². The van der Waals surface area contributed by atoms with Gasteiger partial charge < -0.3 is 25.6 Å². The van der Waals surface area contributed by atoms with Gasteiger partial charge in [-0.15, -0.1) is 0 Å². The molecule has 0 aliphatic carbocycles. The molecule has 0 saturated carbocycles. The van der Waals surface area contributed by atoms with Gasteiger partial charge in [-0.25, -0.2) is 4.79 Å². The fourth-order valence-corrected chi connectivity index (χ4v) is 2.13. The van der Waals surface area contributed by atoms with Crippen LogP contribution in [0.15, 0.2) is 18.2 Å². The van der Waals surface area contributed by atoms with Gasteiger partial charge in [0, 0.05) is 6.04 Å². The molecule has 1 aromatic carbocycles. The van der Waals surface area contributed by atoms with Crippen LogP contribution in [0, 0.1) is 5.41 Å². The molecule has 7 heteroatoms. The zero-order valence-electron chi connectivity index (χ0n) is 11.9. The van der Waals surface area contributed by atoms with E-state index in [0.29, 0.717) is 18.0 Å². The molecule has 1 aliphatic rings. The molecule has 0 aromatic heterocycles. The van der Waals surface area contributed by atoms with Crippen LogP contribution in [0.2, 0.25) is 0 Å². The number of hydrogen-bond acceptors (Lipinski definition) is 5. The molecule has 1 heterocycles. The zero-order chi connectivity index (χ0) is 15.6. The van der Waals surface area contributed by atoms with Crippen molar-refractivity contribution in [3.8, 4) is 5.75 Å². The Morgan fingerprint density at radius 3 is 2.76 bits per heavy atom. The van der Waals surface area contributed by atoms with E-state index in [9.17, 15) is 9.59 Å². The van der Waals surface area contributed by atoms with E-state index >= 15 is 0 Å². The lowest BCUT2D eigenvalue weighted by Crippen LogP contribution is -2.47. The second-order valence-corrected chi connectivity index (χ2v) is 5.21. The van der Waals surface area contributed by atoms with Crippen LogP contribution in [0.25, 0.3) is 0 Å². The minimum atomic E-state index is -1.08. The molecule has 7 nitrogen and oxygen atoms in total. The minimum Gasteiger partial charge on any atom is -0.495 e. The lowest BCUT2D eigenvalue weighted by atomic mass is 9.84. The number of hydrogen-bond donors (Lipinski definition) is 3. The maximum Gasteiger partial charge on any atom is 0.335 e. The molecule has 0 spiro atoms. The fourth-order valence-electron chi connectivity index (χ4n) is 2.13. The third-order valence-electron chi connectivity index (χ3n) is 3.73. The monoisotopic (exact) mass is 294 g/mol. The summed E-state index contributed by atoms with van der Waals surface area (Å²) in [5.41, 5.74) is 5.40. The Morgan fingerprint density at radius 1 is 1.52 bits per heavy atom. The molecule has 1 fully saturated rings. The molecule has 2 unspecified atom stereocenters. The Kier molecular flexibility index (Phi) is 4.15. The van der Waals surface area contributed by atoms with Crippen molar-refractivity contribution in [3.63, 3.8) is 0 Å². The van der Waals surface area contributed by atoms with Crippen LogP contribution >= 0.6 is 0 Å². The van der Waals surface area contributed by atoms with Crippen molar-refractivity contribution in [1.29, 1.82) is 0 Å². The topological polar surface area (TPSA) is 111 Å². The molecule has 1 aromatic rings. The first-order valence-corrected chi connectivity index (χ1v) is 6.44. The first-order chi connectivity index (χ1) is 9.88. The molecule has 2 atom stereocenters. The van der Waals surface area contributed by atoms with Crippen LogP contribution in [0.4, 0.5) is 5.69 Å². The van der Waals surface area contributed by atoms with Gasteiger partial charge in [-0.05, 0) is 25.1 Å². The van der Waals surface area contributed by atoms with Crippen LogP contribution < -0.4 is 15.8 Å². The highest BCUT2D eigenvalue weighted by molar-refractivity contribution is 5.99. The van der Waals surface area contributed by atoms with Gasteiger partial charge in [0.1, 0.15) is 5.75 Å². The van der Waals surface area contributed by atoms with Crippen molar-refractivity contribution in [2.75, 3.05) is 25.6 Å². The first-order valence-electron chi connectivity index (χ1n) is 6.44. The van der Waals surface area contributed by atoms with E-state index in [4.69, 9.17) is 20.3 Å². The zero-order valence-corrected chi connectivity index (χ0v) is 11.9. The number of anilines is 1. The van der Waals surface area contributed by atoms with Gasteiger partial charge in [-0.1, -0.05) is 0 Å². The van der Waals surface area contributed by atoms with E-state index in [-0.39, 0.29) is 18.1 Å². The van der Waals surface area contributed by atoms with Crippen molar-refractivity contribution < 1.29 is 24.2 Å². The predicted molar refractivity (Wildman–Crippen MR) is 75.5 cm³/mol. The summed E-state index contributed by atoms with van der Waals surface area (Å²) < 4.78 is 10.4. The van der Waals surface area contributed by atoms with Crippen molar-refractivity contribution in [2.24, 2.45) is 11.1 Å². The van der Waals surface area contributed by atoms with Gasteiger partial charge >= 0.3 is 5.97 Å². The number of methoxy groups -OCH3 is 1. The molecular formula is C14H18N2O5. The Hall–Kier alpha value is -2.12. The standard InChI is InChI=1S/C14H18N2O5/c1-14(7-21-6-11(14)15)13(19)16-9-5-8(12(17)18)3-4-10(9)20-2/h3-5,11H,6-7,15H2,1-2H3,(H,16,19)(H,17,18). The number of carboxylic acid groups (broad SMARTS) is 1. The van der Waals surface area contributed by atoms with Crippen molar-refractivity contribution in [2.45, 2.75) is 13.0 Å². The van der Waals surface area contributed by atoms with E-state index in [0.717, 1.165) is 0 Å². The van der Waals surface area contributed by atoms with Crippen LogP contribution in [-0.2, 0) is 9.53 Å². The van der Waals surface area contributed by atoms with E-state index < -0.39 is 17.4 Å². The quantitative estimate of drug-likeness (QED) is 0.753. The van der Waals surface area contributed by atoms with Crippen LogP contribution in [0.5, 0.6) is 5.75 Å². The minimum absolute atomic E-state index is 0.0585. The van der Waals surface area contributed by atoms with Crippen LogP contribution in [-0.4, -0.2) is 43.3 Å². The number of carbonyl (C=O) groups excluding carboxylic acids is 1. The van der Waals surface area contributed by atoms with Crippen LogP contribution in [0.1, 0.15) is 17.3 Å². The molecule has 0 bridgehead atoms. The van der Waals surface area contributed by atoms with Gasteiger partial charge in [-0.2, -0.15) is 0 Å². The van der Waals surface area contributed by atoms with Gasteiger partial charge in [0.15, 0.2) is 0 Å². The van der Waals surface area contributed by atoms with E-state index in [1.807, 2.05) is 0 Å². The van der Waals surface area contributed by atoms with Gasteiger partial charge in [-0.3, -0.25) is 4.79 Å². The van der Waals surface area contributed by atoms with Crippen LogP contribution in [0.3, 0.4) is 0 Å². The number of nitrogens with two attached hydrogens (primary N) is 1. The summed E-state index contributed by atoms with van der Waals surface area (Å²) in [6.07, 6.45) is 0. The largest absolute Gasteiger partial charge is 0.495 e. The van der Waals surface area contributed by atoms with E-state index in [1.54, 1.807) is 6.92 Å². The second kappa shape index (κ2) is 5.71. The highest BCUT2D eigenvalue weighted by Gasteiger charge is 2.44.